The van der Waals surface area contributed by atoms with Crippen molar-refractivity contribution in [3.8, 4) is 33.8 Å². The van der Waals surface area contributed by atoms with Gasteiger partial charge in [0.25, 0.3) is 0 Å². The molecule has 1 aromatic heterocycles. The molecule has 26 heavy (non-hydrogen) atoms. The van der Waals surface area contributed by atoms with Crippen LogP contribution in [0.1, 0.15) is 12.5 Å². The van der Waals surface area contributed by atoms with Gasteiger partial charge in [-0.05, 0) is 36.2 Å². The lowest BCUT2D eigenvalue weighted by atomic mass is 9.94. The van der Waals surface area contributed by atoms with Gasteiger partial charge in [-0.2, -0.15) is 0 Å². The van der Waals surface area contributed by atoms with E-state index in [-0.39, 0.29) is 0 Å². The second-order valence-corrected chi connectivity index (χ2v) is 6.28. The molecule has 0 saturated heterocycles. The van der Waals surface area contributed by atoms with E-state index in [1.54, 1.807) is 0 Å². The molecule has 1 nitrogen and oxygen atoms in total. The first kappa shape index (κ1) is 16.3. The molecule has 0 saturated carbocycles. The Balaban J connectivity index is 2.01. The highest BCUT2D eigenvalue weighted by Gasteiger charge is 2.26. The van der Waals surface area contributed by atoms with Crippen LogP contribution in [0, 0.1) is 0 Å². The van der Waals surface area contributed by atoms with Crippen molar-refractivity contribution in [3.05, 3.63) is 103 Å². The van der Waals surface area contributed by atoms with E-state index < -0.39 is 0 Å². The van der Waals surface area contributed by atoms with Crippen molar-refractivity contribution in [2.45, 2.75) is 13.3 Å². The van der Waals surface area contributed by atoms with Gasteiger partial charge in [0.05, 0.1) is 22.8 Å². The van der Waals surface area contributed by atoms with Gasteiger partial charge >= 0.3 is 11.5 Å². The Morgan fingerprint density at radius 3 is 1.65 bits per heavy atom. The van der Waals surface area contributed by atoms with Gasteiger partial charge in [-0.25, -0.2) is 4.42 Å². The van der Waals surface area contributed by atoms with Gasteiger partial charge in [-0.3, -0.25) is 0 Å². The van der Waals surface area contributed by atoms with Crippen molar-refractivity contribution in [2.24, 2.45) is 0 Å². The van der Waals surface area contributed by atoms with Crippen molar-refractivity contribution in [1.82, 2.24) is 0 Å². The van der Waals surface area contributed by atoms with Crippen LogP contribution in [0.5, 0.6) is 0 Å². The summed E-state index contributed by atoms with van der Waals surface area (Å²) in [4.78, 5) is 0. The van der Waals surface area contributed by atoms with Crippen molar-refractivity contribution in [3.63, 3.8) is 0 Å². The molecule has 0 unspecified atom stereocenters. The second kappa shape index (κ2) is 7.37. The summed E-state index contributed by atoms with van der Waals surface area (Å²) in [6, 6.07) is 33.4. The van der Waals surface area contributed by atoms with Crippen LogP contribution in [0.4, 0.5) is 0 Å². The molecule has 0 radical (unpaired) electrons. The largest absolute Gasteiger partial charge is 0.364 e. The first-order chi connectivity index (χ1) is 12.9. The summed E-state index contributed by atoms with van der Waals surface area (Å²) < 4.78 is 6.43. The number of benzene rings is 3. The number of hydrogen-bond donors (Lipinski definition) is 0. The molecular weight excluding hydrogens is 316 g/mol. The molecule has 1 heterocycles. The molecular formula is C25H21O+. The van der Waals surface area contributed by atoms with Gasteiger partial charge in [-0.1, -0.05) is 73.7 Å². The van der Waals surface area contributed by atoms with Crippen LogP contribution in [0.3, 0.4) is 0 Å². The fourth-order valence-corrected chi connectivity index (χ4v) is 3.34. The lowest BCUT2D eigenvalue weighted by Crippen LogP contribution is -1.95. The Morgan fingerprint density at radius 2 is 1.12 bits per heavy atom. The van der Waals surface area contributed by atoms with Crippen LogP contribution in [0.15, 0.2) is 101 Å². The number of rotatable bonds is 4. The van der Waals surface area contributed by atoms with E-state index in [2.05, 4.69) is 79.7 Å². The van der Waals surface area contributed by atoms with Crippen LogP contribution < -0.4 is 0 Å². The predicted molar refractivity (Wildman–Crippen MR) is 109 cm³/mol. The fourth-order valence-electron chi connectivity index (χ4n) is 3.34. The van der Waals surface area contributed by atoms with E-state index in [1.807, 2.05) is 24.3 Å². The molecule has 0 aliphatic rings. The maximum Gasteiger partial charge on any atom is 0.364 e. The third-order valence-electron chi connectivity index (χ3n) is 4.62. The van der Waals surface area contributed by atoms with Crippen molar-refractivity contribution >= 4 is 0 Å². The quantitative estimate of drug-likeness (QED) is 0.361. The zero-order valence-electron chi connectivity index (χ0n) is 14.9. The third-order valence-corrected chi connectivity index (χ3v) is 4.62. The van der Waals surface area contributed by atoms with Gasteiger partial charge in [0.1, 0.15) is 0 Å². The Kier molecular flexibility index (Phi) is 4.61. The molecule has 0 amide bonds. The van der Waals surface area contributed by atoms with Crippen LogP contribution >= 0.6 is 0 Å². The topological polar surface area (TPSA) is 11.3 Å². The Hall–Kier alpha value is -3.19. The minimum Gasteiger partial charge on any atom is -0.206 e. The summed E-state index contributed by atoms with van der Waals surface area (Å²) in [7, 11) is 0. The van der Waals surface area contributed by atoms with Gasteiger partial charge in [0.15, 0.2) is 0 Å². The van der Waals surface area contributed by atoms with Crippen LogP contribution in [0.2, 0.25) is 0 Å². The normalized spacial score (nSPS) is 10.7. The minimum absolute atomic E-state index is 0.889. The van der Waals surface area contributed by atoms with E-state index in [0.717, 1.165) is 29.1 Å². The molecule has 4 aromatic rings. The van der Waals surface area contributed by atoms with E-state index in [9.17, 15) is 0 Å². The SMILES string of the molecule is CCc1c(-c2ccccc2)cc(-c2ccccc2)[o+]c1-c1ccccc1. The molecule has 0 N–H and O–H groups in total. The average molecular weight is 337 g/mol. The smallest absolute Gasteiger partial charge is 0.206 e. The lowest BCUT2D eigenvalue weighted by Gasteiger charge is -2.08. The first-order valence-corrected chi connectivity index (χ1v) is 9.03. The molecule has 0 fully saturated rings. The standard InChI is InChI=1S/C25H21O/c1-2-22-23(19-12-6-3-7-13-19)18-24(20-14-8-4-9-15-20)26-25(22)21-16-10-5-11-17-21/h3-18H,2H2,1H3/q+1. The van der Waals surface area contributed by atoms with Gasteiger partial charge in [0, 0.05) is 5.56 Å². The molecule has 3 aromatic carbocycles. The maximum absolute atomic E-state index is 6.43. The van der Waals surface area contributed by atoms with Crippen LogP contribution in [-0.4, -0.2) is 0 Å². The monoisotopic (exact) mass is 337 g/mol. The zero-order chi connectivity index (χ0) is 17.8. The third kappa shape index (κ3) is 3.16. The molecule has 0 aliphatic heterocycles. The summed E-state index contributed by atoms with van der Waals surface area (Å²) in [6.45, 7) is 2.19. The lowest BCUT2D eigenvalue weighted by molar-refractivity contribution is 0.576. The highest BCUT2D eigenvalue weighted by Crippen LogP contribution is 2.37. The molecule has 0 spiro atoms. The molecule has 126 valence electrons. The highest BCUT2D eigenvalue weighted by molar-refractivity contribution is 5.79. The summed E-state index contributed by atoms with van der Waals surface area (Å²) in [5.74, 6) is 1.84. The van der Waals surface area contributed by atoms with Crippen LogP contribution in [-0.2, 0) is 6.42 Å². The molecule has 0 aliphatic carbocycles. The number of hydrogen-bond acceptors (Lipinski definition) is 0. The predicted octanol–water partition coefficient (Wildman–Crippen LogP) is 7.12. The Bertz CT molecular complexity index is 929. The van der Waals surface area contributed by atoms with Crippen molar-refractivity contribution in [1.29, 1.82) is 0 Å². The highest BCUT2D eigenvalue weighted by atomic mass is 16.3. The molecule has 0 atom stereocenters. The van der Waals surface area contributed by atoms with Crippen molar-refractivity contribution < 1.29 is 4.42 Å². The zero-order valence-corrected chi connectivity index (χ0v) is 14.9. The summed E-state index contributed by atoms with van der Waals surface area (Å²) >= 11 is 0. The van der Waals surface area contributed by atoms with Crippen LogP contribution in [0.25, 0.3) is 33.8 Å². The van der Waals surface area contributed by atoms with Gasteiger partial charge < -0.3 is 0 Å². The van der Waals surface area contributed by atoms with E-state index in [4.69, 9.17) is 4.42 Å². The molecule has 4 rings (SSSR count). The van der Waals surface area contributed by atoms with E-state index >= 15 is 0 Å². The van der Waals surface area contributed by atoms with Gasteiger partial charge in [0.2, 0.25) is 0 Å². The summed E-state index contributed by atoms with van der Waals surface area (Å²) in [6.07, 6.45) is 0.910. The van der Waals surface area contributed by atoms with E-state index in [1.165, 1.54) is 16.7 Å². The fraction of sp³-hybridized carbons (Fsp3) is 0.0800. The van der Waals surface area contributed by atoms with Crippen molar-refractivity contribution in [2.75, 3.05) is 0 Å². The van der Waals surface area contributed by atoms with E-state index in [0.29, 0.717) is 0 Å². The Morgan fingerprint density at radius 1 is 0.615 bits per heavy atom. The molecule has 1 heteroatoms. The van der Waals surface area contributed by atoms with Gasteiger partial charge in [-0.15, -0.1) is 0 Å². The maximum atomic E-state index is 6.43. The summed E-state index contributed by atoms with van der Waals surface area (Å²) in [5.41, 5.74) is 5.89. The second-order valence-electron chi connectivity index (χ2n) is 6.28. The Labute approximate surface area is 154 Å². The minimum atomic E-state index is 0.889. The average Bonchev–Trinajstić information content (AvgIpc) is 2.74. The summed E-state index contributed by atoms with van der Waals surface area (Å²) in [5, 5.41) is 0. The molecule has 0 bridgehead atoms. The first-order valence-electron chi connectivity index (χ1n) is 9.03.